The highest BCUT2D eigenvalue weighted by molar-refractivity contribution is 7.46. The van der Waals surface area contributed by atoms with Crippen LogP contribution in [0.2, 0.25) is 0 Å². The Bertz CT molecular complexity index is 829. The van der Waals surface area contributed by atoms with Crippen LogP contribution in [0.25, 0.3) is 11.2 Å². The number of nitrogens with zero attached hydrogens (tertiary/aromatic N) is 3. The van der Waals surface area contributed by atoms with E-state index in [2.05, 4.69) is 19.5 Å². The monoisotopic (exact) mass is 346 g/mol. The molecule has 1 fully saturated rings. The van der Waals surface area contributed by atoms with E-state index in [9.17, 15) is 9.36 Å². The number of nitrogens with two attached hydrogens (primary N) is 2. The molecule has 23 heavy (non-hydrogen) atoms. The first-order valence-electron chi connectivity index (χ1n) is 6.58. The molecule has 2 aromatic rings. The van der Waals surface area contributed by atoms with E-state index in [1.807, 2.05) is 0 Å². The summed E-state index contributed by atoms with van der Waals surface area (Å²) in [5, 5.41) is 0. The second kappa shape index (κ2) is 5.67. The van der Waals surface area contributed by atoms with Gasteiger partial charge >= 0.3 is 7.82 Å². The highest BCUT2D eigenvalue weighted by Gasteiger charge is 2.36. The highest BCUT2D eigenvalue weighted by Crippen LogP contribution is 2.38. The van der Waals surface area contributed by atoms with Gasteiger partial charge in [-0.1, -0.05) is 0 Å². The molecule has 3 rings (SSSR count). The minimum absolute atomic E-state index is 0.0720. The predicted molar refractivity (Wildman–Crippen MR) is 77.1 cm³/mol. The van der Waals surface area contributed by atoms with Gasteiger partial charge in [-0.05, 0) is 6.42 Å². The maximum Gasteiger partial charge on any atom is 0.469 e. The highest BCUT2D eigenvalue weighted by atomic mass is 31.2. The molecule has 1 saturated heterocycles. The number of hydrogen-bond acceptors (Lipinski definition) is 8. The number of nitrogen functional groups attached to an aromatic ring is 1. The van der Waals surface area contributed by atoms with Crippen molar-refractivity contribution in [3.05, 3.63) is 16.7 Å². The number of hydrogen-bond donors (Lipinski definition) is 5. The smallest absolute Gasteiger partial charge is 0.369 e. The summed E-state index contributed by atoms with van der Waals surface area (Å²) in [6.07, 6.45) is 0.338. The second-order valence-corrected chi connectivity index (χ2v) is 6.35. The summed E-state index contributed by atoms with van der Waals surface area (Å²) in [5.41, 5.74) is 11.3. The molecule has 7 N–H and O–H groups in total. The lowest BCUT2D eigenvalue weighted by atomic mass is 10.2. The molecule has 1 aliphatic rings. The van der Waals surface area contributed by atoms with Gasteiger partial charge in [-0.2, -0.15) is 4.98 Å². The summed E-state index contributed by atoms with van der Waals surface area (Å²) in [7, 11) is -4.58. The zero-order valence-corrected chi connectivity index (χ0v) is 12.6. The van der Waals surface area contributed by atoms with Crippen molar-refractivity contribution < 1.29 is 23.6 Å². The molecule has 126 valence electrons. The van der Waals surface area contributed by atoms with Crippen molar-refractivity contribution in [2.24, 2.45) is 5.73 Å². The van der Waals surface area contributed by atoms with Gasteiger partial charge < -0.3 is 26.0 Å². The Balaban J connectivity index is 1.85. The lowest BCUT2D eigenvalue weighted by molar-refractivity contribution is -0.0236. The molecule has 12 nitrogen and oxygen atoms in total. The Kier molecular flexibility index (Phi) is 3.96. The van der Waals surface area contributed by atoms with Gasteiger partial charge in [-0.3, -0.25) is 18.9 Å². The zero-order chi connectivity index (χ0) is 16.8. The number of H-pyrrole nitrogens is 1. The van der Waals surface area contributed by atoms with Crippen LogP contribution in [-0.2, 0) is 13.8 Å². The van der Waals surface area contributed by atoms with Crippen molar-refractivity contribution in [1.82, 2.24) is 19.5 Å². The van der Waals surface area contributed by atoms with E-state index in [-0.39, 0.29) is 23.7 Å². The van der Waals surface area contributed by atoms with Gasteiger partial charge in [0.05, 0.1) is 25.1 Å². The molecule has 13 heteroatoms. The van der Waals surface area contributed by atoms with Crippen LogP contribution in [-0.4, -0.2) is 48.1 Å². The van der Waals surface area contributed by atoms with Gasteiger partial charge in [0.15, 0.2) is 17.4 Å². The van der Waals surface area contributed by atoms with Gasteiger partial charge in [-0.25, -0.2) is 9.55 Å². The van der Waals surface area contributed by atoms with Gasteiger partial charge in [-0.15, -0.1) is 0 Å². The fourth-order valence-corrected chi connectivity index (χ4v) is 2.82. The number of phosphoric acid groups is 1. The van der Waals surface area contributed by atoms with E-state index in [1.54, 1.807) is 0 Å². The van der Waals surface area contributed by atoms with E-state index < -0.39 is 31.8 Å². The topological polar surface area (TPSA) is 192 Å². The largest absolute Gasteiger partial charge is 0.469 e. The molecule has 1 aliphatic heterocycles. The number of anilines is 1. The van der Waals surface area contributed by atoms with Crippen molar-refractivity contribution >= 4 is 24.9 Å². The molecule has 0 saturated carbocycles. The Morgan fingerprint density at radius 2 is 2.30 bits per heavy atom. The second-order valence-electron chi connectivity index (χ2n) is 5.11. The van der Waals surface area contributed by atoms with Crippen LogP contribution in [0.4, 0.5) is 5.95 Å². The summed E-state index contributed by atoms with van der Waals surface area (Å²) >= 11 is 0. The standard InChI is InChI=1S/C10H15N6O6P/c11-5-1-4(2-21-23(18,19)20)22-9(5)16-3-13-6-7(16)14-10(12)15-8(6)17/h3-5,9H,1-2,11H2,(H2,18,19,20)(H3,12,14,15,17)/t4-,5-,9?/m0/s1. The summed E-state index contributed by atoms with van der Waals surface area (Å²) in [6.45, 7) is -0.308. The third kappa shape index (κ3) is 3.27. The molecule has 0 amide bonds. The van der Waals surface area contributed by atoms with Crippen LogP contribution in [0.1, 0.15) is 12.6 Å². The zero-order valence-electron chi connectivity index (χ0n) is 11.7. The molecule has 0 radical (unpaired) electrons. The van der Waals surface area contributed by atoms with Crippen LogP contribution in [0, 0.1) is 0 Å². The van der Waals surface area contributed by atoms with Crippen LogP contribution < -0.4 is 17.0 Å². The van der Waals surface area contributed by atoms with Crippen molar-refractivity contribution in [2.45, 2.75) is 24.8 Å². The Hall–Kier alpha value is -1.82. The molecule has 2 aromatic heterocycles. The first-order valence-corrected chi connectivity index (χ1v) is 8.11. The van der Waals surface area contributed by atoms with E-state index >= 15 is 0 Å². The fourth-order valence-electron chi connectivity index (χ4n) is 2.46. The van der Waals surface area contributed by atoms with Crippen LogP contribution in [0.3, 0.4) is 0 Å². The van der Waals surface area contributed by atoms with Gasteiger partial charge in [0.1, 0.15) is 0 Å². The van der Waals surface area contributed by atoms with Crippen LogP contribution in [0.15, 0.2) is 11.1 Å². The molecule has 1 unspecified atom stereocenters. The number of fused-ring (bicyclic) bond motifs is 1. The maximum atomic E-state index is 11.8. The molecule has 0 aromatic carbocycles. The molecule has 3 atom stereocenters. The Morgan fingerprint density at radius 3 is 3.00 bits per heavy atom. The third-order valence-electron chi connectivity index (χ3n) is 3.39. The minimum atomic E-state index is -4.58. The lowest BCUT2D eigenvalue weighted by Gasteiger charge is -2.17. The summed E-state index contributed by atoms with van der Waals surface area (Å²) in [4.78, 5) is 39.5. The predicted octanol–water partition coefficient (Wildman–Crippen LogP) is -1.57. The summed E-state index contributed by atoms with van der Waals surface area (Å²) < 4.78 is 22.3. The molecule has 0 aliphatic carbocycles. The average molecular weight is 346 g/mol. The number of aromatic amines is 1. The number of imidazole rings is 1. The number of aromatic nitrogens is 4. The van der Waals surface area contributed by atoms with Crippen LogP contribution >= 0.6 is 7.82 Å². The molecular formula is C10H15N6O6P. The minimum Gasteiger partial charge on any atom is -0.369 e. The van der Waals surface area contributed by atoms with Crippen LogP contribution in [0.5, 0.6) is 0 Å². The average Bonchev–Trinajstić information content (AvgIpc) is 2.99. The first-order chi connectivity index (χ1) is 10.7. The van der Waals surface area contributed by atoms with Gasteiger partial charge in [0.25, 0.3) is 5.56 Å². The fraction of sp³-hybridized carbons (Fsp3) is 0.500. The summed E-state index contributed by atoms with van der Waals surface area (Å²) in [5.74, 6) is -0.0720. The molecule has 3 heterocycles. The van der Waals surface area contributed by atoms with Crippen molar-refractivity contribution in [2.75, 3.05) is 12.3 Å². The molecular weight excluding hydrogens is 331 g/mol. The quantitative estimate of drug-likeness (QED) is 0.404. The van der Waals surface area contributed by atoms with Gasteiger partial charge in [0, 0.05) is 0 Å². The Morgan fingerprint density at radius 1 is 1.57 bits per heavy atom. The third-order valence-corrected chi connectivity index (χ3v) is 3.87. The van der Waals surface area contributed by atoms with Crippen molar-refractivity contribution in [3.8, 4) is 0 Å². The Labute approximate surface area is 128 Å². The normalized spacial score (nSPS) is 25.3. The van der Waals surface area contributed by atoms with E-state index in [4.69, 9.17) is 26.0 Å². The number of phosphoric ester groups is 1. The van der Waals surface area contributed by atoms with Gasteiger partial charge in [0.2, 0.25) is 5.95 Å². The number of ether oxygens (including phenoxy) is 1. The van der Waals surface area contributed by atoms with Crippen molar-refractivity contribution in [3.63, 3.8) is 0 Å². The molecule has 0 bridgehead atoms. The number of nitrogens with one attached hydrogen (secondary N) is 1. The SMILES string of the molecule is Nc1nc2c(ncn2C2O[C@H](COP(=O)(O)O)C[C@@H]2N)c(=O)[nH]1. The number of rotatable bonds is 4. The summed E-state index contributed by atoms with van der Waals surface area (Å²) in [6, 6.07) is -0.500. The van der Waals surface area contributed by atoms with E-state index in [0.29, 0.717) is 6.42 Å². The van der Waals surface area contributed by atoms with E-state index in [1.165, 1.54) is 10.9 Å². The lowest BCUT2D eigenvalue weighted by Crippen LogP contribution is -2.28. The molecule has 0 spiro atoms. The van der Waals surface area contributed by atoms with E-state index in [0.717, 1.165) is 0 Å². The maximum absolute atomic E-state index is 11.8. The van der Waals surface area contributed by atoms with Crippen molar-refractivity contribution in [1.29, 1.82) is 0 Å². The first kappa shape index (κ1) is 16.1.